The van der Waals surface area contributed by atoms with Crippen molar-refractivity contribution in [3.63, 3.8) is 0 Å². The van der Waals surface area contributed by atoms with Gasteiger partial charge in [-0.15, -0.1) is 0 Å². The van der Waals surface area contributed by atoms with Gasteiger partial charge in [0.15, 0.2) is 5.78 Å². The summed E-state index contributed by atoms with van der Waals surface area (Å²) < 4.78 is 20.2. The van der Waals surface area contributed by atoms with E-state index in [4.69, 9.17) is 18.9 Å². The second kappa shape index (κ2) is 14.2. The smallest absolute Gasteiger partial charge is 0.407 e. The third-order valence-electron chi connectivity index (χ3n) is 4.30. The number of ketones is 1. The molecule has 0 saturated heterocycles. The zero-order valence-electron chi connectivity index (χ0n) is 18.9. The van der Waals surface area contributed by atoms with Crippen molar-refractivity contribution in [1.82, 2.24) is 5.32 Å². The predicted molar refractivity (Wildman–Crippen MR) is 123 cm³/mol. The lowest BCUT2D eigenvalue weighted by Gasteiger charge is -2.10. The summed E-state index contributed by atoms with van der Waals surface area (Å²) in [7, 11) is 0. The number of benzene rings is 2. The van der Waals surface area contributed by atoms with Crippen molar-refractivity contribution in [3.05, 3.63) is 83.4 Å². The molecule has 0 unspecified atom stereocenters. The largest absolute Gasteiger partial charge is 0.460 e. The fraction of sp³-hybridized carbons (Fsp3) is 0.280. The van der Waals surface area contributed by atoms with Gasteiger partial charge in [0, 0.05) is 16.7 Å². The minimum absolute atomic E-state index is 0.00271. The summed E-state index contributed by atoms with van der Waals surface area (Å²) in [6.45, 7) is 5.21. The van der Waals surface area contributed by atoms with Crippen LogP contribution in [0.3, 0.4) is 0 Å². The molecule has 34 heavy (non-hydrogen) atoms. The number of esters is 2. The summed E-state index contributed by atoms with van der Waals surface area (Å²) in [4.78, 5) is 47.8. The number of nitrogens with one attached hydrogen (secondary N) is 1. The molecule has 2 aromatic rings. The summed E-state index contributed by atoms with van der Waals surface area (Å²) in [6, 6.07) is 15.1. The Morgan fingerprint density at radius 2 is 1.38 bits per heavy atom. The lowest BCUT2D eigenvalue weighted by atomic mass is 9.98. The standard InChI is InChI=1S/C25H27NO8/c1-18(2)23(28)32-13-12-26-25(30)34-17-15-31-14-16-33-24(29)21-11-7-6-10-20(21)22(27)19-8-4-3-5-9-19/h3-11H,1,12-17H2,2H3,(H,26,30). The second-order valence-electron chi connectivity index (χ2n) is 6.97. The van der Waals surface area contributed by atoms with E-state index in [0.29, 0.717) is 5.56 Å². The van der Waals surface area contributed by atoms with Crippen LogP contribution >= 0.6 is 0 Å². The molecule has 1 N–H and O–H groups in total. The molecule has 0 aromatic heterocycles. The minimum atomic E-state index is -0.680. The number of rotatable bonds is 13. The van der Waals surface area contributed by atoms with E-state index in [-0.39, 0.29) is 62.1 Å². The van der Waals surface area contributed by atoms with Gasteiger partial charge in [0.25, 0.3) is 0 Å². The van der Waals surface area contributed by atoms with Crippen LogP contribution in [-0.2, 0) is 23.7 Å². The maximum Gasteiger partial charge on any atom is 0.407 e. The van der Waals surface area contributed by atoms with E-state index < -0.39 is 18.0 Å². The Hall–Kier alpha value is -3.98. The molecule has 2 rings (SSSR count). The summed E-state index contributed by atoms with van der Waals surface area (Å²) in [5.74, 6) is -1.43. The molecule has 0 spiro atoms. The Morgan fingerprint density at radius 1 is 0.765 bits per heavy atom. The molecular formula is C25H27NO8. The van der Waals surface area contributed by atoms with Crippen LogP contribution in [0.5, 0.6) is 0 Å². The van der Waals surface area contributed by atoms with Gasteiger partial charge in [-0.1, -0.05) is 55.1 Å². The van der Waals surface area contributed by atoms with Crippen LogP contribution in [0.25, 0.3) is 0 Å². The van der Waals surface area contributed by atoms with Crippen molar-refractivity contribution < 1.29 is 38.1 Å². The molecule has 0 fully saturated rings. The fourth-order valence-corrected chi connectivity index (χ4v) is 2.64. The first kappa shape index (κ1) is 26.3. The highest BCUT2D eigenvalue weighted by Crippen LogP contribution is 2.15. The summed E-state index contributed by atoms with van der Waals surface area (Å²) in [5.41, 5.74) is 1.18. The Kier molecular flexibility index (Phi) is 11.0. The lowest BCUT2D eigenvalue weighted by molar-refractivity contribution is -0.138. The maximum atomic E-state index is 12.7. The van der Waals surface area contributed by atoms with Crippen LogP contribution in [0.2, 0.25) is 0 Å². The fourth-order valence-electron chi connectivity index (χ4n) is 2.64. The predicted octanol–water partition coefficient (Wildman–Crippen LogP) is 2.94. The third-order valence-corrected chi connectivity index (χ3v) is 4.30. The molecule has 0 radical (unpaired) electrons. The van der Waals surface area contributed by atoms with E-state index in [1.165, 1.54) is 13.0 Å². The summed E-state index contributed by atoms with van der Waals surface area (Å²) in [6.07, 6.45) is -0.680. The van der Waals surface area contributed by atoms with Gasteiger partial charge in [0.2, 0.25) is 0 Å². The van der Waals surface area contributed by atoms with E-state index in [2.05, 4.69) is 11.9 Å². The zero-order valence-corrected chi connectivity index (χ0v) is 18.9. The van der Waals surface area contributed by atoms with Gasteiger partial charge in [-0.3, -0.25) is 4.79 Å². The molecule has 180 valence electrons. The van der Waals surface area contributed by atoms with Crippen LogP contribution in [0.1, 0.15) is 33.2 Å². The van der Waals surface area contributed by atoms with Crippen LogP contribution < -0.4 is 5.32 Å². The topological polar surface area (TPSA) is 117 Å². The van der Waals surface area contributed by atoms with Gasteiger partial charge in [-0.2, -0.15) is 0 Å². The van der Waals surface area contributed by atoms with Crippen LogP contribution in [0.15, 0.2) is 66.7 Å². The van der Waals surface area contributed by atoms with Crippen molar-refractivity contribution >= 4 is 23.8 Å². The highest BCUT2D eigenvalue weighted by atomic mass is 16.6. The molecular weight excluding hydrogens is 442 g/mol. The van der Waals surface area contributed by atoms with E-state index >= 15 is 0 Å². The SMILES string of the molecule is C=C(C)C(=O)OCCNC(=O)OCCOCCOC(=O)c1ccccc1C(=O)c1ccccc1. The molecule has 0 atom stereocenters. The van der Waals surface area contributed by atoms with Gasteiger partial charge < -0.3 is 24.3 Å². The van der Waals surface area contributed by atoms with Crippen LogP contribution in [-0.4, -0.2) is 63.4 Å². The number of ether oxygens (including phenoxy) is 4. The number of alkyl carbamates (subject to hydrolysis) is 1. The van der Waals surface area contributed by atoms with Gasteiger partial charge in [-0.25, -0.2) is 14.4 Å². The Labute approximate surface area is 197 Å². The van der Waals surface area contributed by atoms with Crippen LogP contribution in [0, 0.1) is 0 Å². The molecule has 0 aliphatic rings. The van der Waals surface area contributed by atoms with Crippen molar-refractivity contribution in [1.29, 1.82) is 0 Å². The average molecular weight is 469 g/mol. The number of amides is 1. The molecule has 9 heteroatoms. The van der Waals surface area contributed by atoms with Crippen molar-refractivity contribution in [2.24, 2.45) is 0 Å². The van der Waals surface area contributed by atoms with Gasteiger partial charge in [0.1, 0.15) is 19.8 Å². The van der Waals surface area contributed by atoms with Crippen molar-refractivity contribution in [3.8, 4) is 0 Å². The zero-order chi connectivity index (χ0) is 24.8. The highest BCUT2D eigenvalue weighted by Gasteiger charge is 2.18. The van der Waals surface area contributed by atoms with E-state index in [1.807, 2.05) is 0 Å². The van der Waals surface area contributed by atoms with Gasteiger partial charge in [0.05, 0.1) is 25.3 Å². The normalized spacial score (nSPS) is 10.1. The number of carbonyl (C=O) groups excluding carboxylic acids is 4. The van der Waals surface area contributed by atoms with Crippen LogP contribution in [0.4, 0.5) is 4.79 Å². The third kappa shape index (κ3) is 8.87. The highest BCUT2D eigenvalue weighted by molar-refractivity contribution is 6.14. The van der Waals surface area contributed by atoms with Gasteiger partial charge in [-0.05, 0) is 13.0 Å². The van der Waals surface area contributed by atoms with Gasteiger partial charge >= 0.3 is 18.0 Å². The van der Waals surface area contributed by atoms with Crippen molar-refractivity contribution in [2.45, 2.75) is 6.92 Å². The Bertz CT molecular complexity index is 1000. The Balaban J connectivity index is 1.63. The first-order chi connectivity index (χ1) is 16.4. The minimum Gasteiger partial charge on any atom is -0.460 e. The molecule has 0 bridgehead atoms. The van der Waals surface area contributed by atoms with Crippen molar-refractivity contribution in [2.75, 3.05) is 39.6 Å². The Morgan fingerprint density at radius 3 is 2.06 bits per heavy atom. The number of hydrogen-bond acceptors (Lipinski definition) is 8. The maximum absolute atomic E-state index is 12.7. The first-order valence-corrected chi connectivity index (χ1v) is 10.6. The monoisotopic (exact) mass is 469 g/mol. The first-order valence-electron chi connectivity index (χ1n) is 10.6. The summed E-state index contributed by atoms with van der Waals surface area (Å²) in [5, 5.41) is 2.42. The van der Waals surface area contributed by atoms with E-state index in [0.717, 1.165) is 0 Å². The molecule has 9 nitrogen and oxygen atoms in total. The quantitative estimate of drug-likeness (QED) is 0.156. The number of carbonyl (C=O) groups is 4. The molecule has 2 aromatic carbocycles. The molecule has 0 heterocycles. The molecule has 1 amide bonds. The molecule has 0 aliphatic heterocycles. The number of hydrogen-bond donors (Lipinski definition) is 1. The molecule has 0 saturated carbocycles. The van der Waals surface area contributed by atoms with E-state index in [9.17, 15) is 19.2 Å². The summed E-state index contributed by atoms with van der Waals surface area (Å²) >= 11 is 0. The molecule has 0 aliphatic carbocycles. The average Bonchev–Trinajstić information content (AvgIpc) is 2.85. The van der Waals surface area contributed by atoms with E-state index in [1.54, 1.807) is 48.5 Å². The second-order valence-corrected chi connectivity index (χ2v) is 6.97. The lowest BCUT2D eigenvalue weighted by Crippen LogP contribution is -2.29.